The molecule has 1 amide bonds. The summed E-state index contributed by atoms with van der Waals surface area (Å²) in [6, 6.07) is 9.21. The summed E-state index contributed by atoms with van der Waals surface area (Å²) in [4.78, 5) is 26.6. The van der Waals surface area contributed by atoms with E-state index in [2.05, 4.69) is 5.32 Å². The van der Waals surface area contributed by atoms with Crippen LogP contribution in [0.15, 0.2) is 29.8 Å². The molecule has 162 valence electrons. The maximum atomic E-state index is 12.9. The van der Waals surface area contributed by atoms with Crippen molar-refractivity contribution in [3.8, 4) is 11.8 Å². The van der Waals surface area contributed by atoms with Crippen LogP contribution >= 0.6 is 11.3 Å². The van der Waals surface area contributed by atoms with Gasteiger partial charge in [-0.3, -0.25) is 4.79 Å². The normalized spacial score (nSPS) is 13.3. The van der Waals surface area contributed by atoms with Gasteiger partial charge in [-0.2, -0.15) is 5.26 Å². The molecule has 7 heteroatoms. The maximum absolute atomic E-state index is 12.9. The van der Waals surface area contributed by atoms with Crippen molar-refractivity contribution in [1.82, 2.24) is 0 Å². The second-order valence-electron chi connectivity index (χ2n) is 7.46. The number of nitrogens with zero attached hydrogens (tertiary/aromatic N) is 1. The van der Waals surface area contributed by atoms with Gasteiger partial charge in [-0.25, -0.2) is 4.79 Å². The lowest BCUT2D eigenvalue weighted by Crippen LogP contribution is -2.16. The highest BCUT2D eigenvalue weighted by Crippen LogP contribution is 2.39. The lowest BCUT2D eigenvalue weighted by Gasteiger charge is -2.13. The molecule has 0 fully saturated rings. The van der Waals surface area contributed by atoms with Crippen LogP contribution in [0.3, 0.4) is 0 Å². The van der Waals surface area contributed by atoms with Crippen molar-refractivity contribution in [3.63, 3.8) is 0 Å². The highest BCUT2D eigenvalue weighted by atomic mass is 32.1. The van der Waals surface area contributed by atoms with Crippen molar-refractivity contribution < 1.29 is 19.1 Å². The Labute approximate surface area is 186 Å². The molecular formula is C24H26N2O4S. The molecule has 1 aliphatic rings. The van der Waals surface area contributed by atoms with Crippen LogP contribution in [-0.2, 0) is 22.4 Å². The van der Waals surface area contributed by atoms with E-state index in [0.29, 0.717) is 21.9 Å². The summed E-state index contributed by atoms with van der Waals surface area (Å²) in [6.45, 7) is 5.83. The summed E-state index contributed by atoms with van der Waals surface area (Å²) in [7, 11) is 0. The van der Waals surface area contributed by atoms with E-state index in [0.717, 1.165) is 36.1 Å². The minimum atomic E-state index is -0.564. The number of para-hydroxylation sites is 1. The van der Waals surface area contributed by atoms with Crippen LogP contribution in [0.2, 0.25) is 0 Å². The first-order valence-electron chi connectivity index (χ1n) is 10.4. The molecule has 6 nitrogen and oxygen atoms in total. The number of thiophene rings is 1. The van der Waals surface area contributed by atoms with Gasteiger partial charge in [0.15, 0.2) is 0 Å². The third kappa shape index (κ3) is 5.33. The Balaban J connectivity index is 1.92. The first-order chi connectivity index (χ1) is 14.9. The molecule has 1 N–H and O–H groups in total. The predicted octanol–water partition coefficient (Wildman–Crippen LogP) is 5.14. The van der Waals surface area contributed by atoms with Crippen molar-refractivity contribution in [1.29, 1.82) is 5.26 Å². The number of carbonyl (C=O) groups is 2. The zero-order valence-corrected chi connectivity index (χ0v) is 18.8. The molecule has 1 aromatic carbocycles. The standard InChI is InChI=1S/C24H26N2O4S/c1-4-29-24(28)21-18-10-6-8-12-20(18)31-23(21)26-22(27)17(14-25)13-16-9-5-7-11-19(16)30-15(2)3/h5,7,9,11,13,15H,4,6,8,10,12H2,1-3H3,(H,26,27)/b17-13+. The highest BCUT2D eigenvalue weighted by Gasteiger charge is 2.27. The van der Waals surface area contributed by atoms with Crippen LogP contribution in [-0.4, -0.2) is 24.6 Å². The SMILES string of the molecule is CCOC(=O)c1c(NC(=O)/C(C#N)=C/c2ccccc2OC(C)C)sc2c1CCCC2. The molecule has 3 rings (SSSR count). The van der Waals surface area contributed by atoms with E-state index in [1.807, 2.05) is 32.0 Å². The summed E-state index contributed by atoms with van der Waals surface area (Å²) < 4.78 is 11.0. The number of hydrogen-bond donors (Lipinski definition) is 1. The fraction of sp³-hybridized carbons (Fsp3) is 0.375. The summed E-state index contributed by atoms with van der Waals surface area (Å²) in [5, 5.41) is 12.9. The number of rotatable bonds is 7. The van der Waals surface area contributed by atoms with Crippen LogP contribution in [0.1, 0.15) is 60.0 Å². The molecule has 0 atom stereocenters. The van der Waals surface area contributed by atoms with E-state index in [4.69, 9.17) is 9.47 Å². The zero-order valence-electron chi connectivity index (χ0n) is 18.0. The summed E-state index contributed by atoms with van der Waals surface area (Å²) in [6.07, 6.45) is 5.18. The van der Waals surface area contributed by atoms with Gasteiger partial charge in [0.25, 0.3) is 5.91 Å². The molecule has 0 radical (unpaired) electrons. The number of aryl methyl sites for hydroxylation is 1. The predicted molar refractivity (Wildman–Crippen MR) is 121 cm³/mol. The Morgan fingerprint density at radius 2 is 2.00 bits per heavy atom. The fourth-order valence-electron chi connectivity index (χ4n) is 3.51. The van der Waals surface area contributed by atoms with E-state index in [9.17, 15) is 14.9 Å². The van der Waals surface area contributed by atoms with Gasteiger partial charge < -0.3 is 14.8 Å². The Morgan fingerprint density at radius 3 is 2.71 bits per heavy atom. The van der Waals surface area contributed by atoms with Gasteiger partial charge in [0.2, 0.25) is 0 Å². The number of nitrogens with one attached hydrogen (secondary N) is 1. The van der Waals surface area contributed by atoms with Gasteiger partial charge in [-0.15, -0.1) is 11.3 Å². The van der Waals surface area contributed by atoms with E-state index in [-0.39, 0.29) is 18.3 Å². The van der Waals surface area contributed by atoms with E-state index < -0.39 is 11.9 Å². The van der Waals surface area contributed by atoms with Crippen LogP contribution in [0.5, 0.6) is 5.75 Å². The number of ether oxygens (including phenoxy) is 2. The van der Waals surface area contributed by atoms with Crippen molar-refractivity contribution in [2.75, 3.05) is 11.9 Å². The number of fused-ring (bicyclic) bond motifs is 1. The van der Waals surface area contributed by atoms with E-state index >= 15 is 0 Å². The minimum Gasteiger partial charge on any atom is -0.490 e. The first kappa shape index (κ1) is 22.6. The molecule has 31 heavy (non-hydrogen) atoms. The van der Waals surface area contributed by atoms with E-state index in [1.54, 1.807) is 19.1 Å². The molecule has 0 saturated heterocycles. The number of carbonyl (C=O) groups excluding carboxylic acids is 2. The molecule has 0 unspecified atom stereocenters. The highest BCUT2D eigenvalue weighted by molar-refractivity contribution is 7.17. The summed E-state index contributed by atoms with van der Waals surface area (Å²) >= 11 is 1.40. The van der Waals surface area contributed by atoms with E-state index in [1.165, 1.54) is 17.4 Å². The maximum Gasteiger partial charge on any atom is 0.341 e. The third-order valence-corrected chi connectivity index (χ3v) is 6.03. The molecule has 0 spiro atoms. The molecular weight excluding hydrogens is 412 g/mol. The van der Waals surface area contributed by atoms with Crippen molar-refractivity contribution in [2.45, 2.75) is 52.6 Å². The van der Waals surface area contributed by atoms with Gasteiger partial charge >= 0.3 is 5.97 Å². The Bertz CT molecular complexity index is 1050. The lowest BCUT2D eigenvalue weighted by molar-refractivity contribution is -0.112. The number of nitriles is 1. The average Bonchev–Trinajstić information content (AvgIpc) is 3.10. The topological polar surface area (TPSA) is 88.4 Å². The molecule has 1 heterocycles. The van der Waals surface area contributed by atoms with Crippen LogP contribution in [0, 0.1) is 11.3 Å². The number of hydrogen-bond acceptors (Lipinski definition) is 6. The second-order valence-corrected chi connectivity index (χ2v) is 8.57. The molecule has 0 saturated carbocycles. The largest absolute Gasteiger partial charge is 0.490 e. The molecule has 1 aliphatic carbocycles. The average molecular weight is 439 g/mol. The van der Waals surface area contributed by atoms with Gasteiger partial charge in [-0.05, 0) is 64.2 Å². The van der Waals surface area contributed by atoms with Gasteiger partial charge in [-0.1, -0.05) is 18.2 Å². The number of anilines is 1. The molecule has 1 aromatic heterocycles. The Morgan fingerprint density at radius 1 is 1.26 bits per heavy atom. The van der Waals surface area contributed by atoms with Crippen molar-refractivity contribution in [3.05, 3.63) is 51.4 Å². The summed E-state index contributed by atoms with van der Waals surface area (Å²) in [5.74, 6) is -0.404. The molecule has 0 bridgehead atoms. The smallest absolute Gasteiger partial charge is 0.341 e. The molecule has 0 aliphatic heterocycles. The second kappa shape index (κ2) is 10.3. The van der Waals surface area contributed by atoms with Crippen molar-refractivity contribution >= 4 is 34.3 Å². The third-order valence-electron chi connectivity index (χ3n) is 4.82. The Hall–Kier alpha value is -3.11. The van der Waals surface area contributed by atoms with Crippen molar-refractivity contribution in [2.24, 2.45) is 0 Å². The zero-order chi connectivity index (χ0) is 22.4. The first-order valence-corrected chi connectivity index (χ1v) is 11.3. The lowest BCUT2D eigenvalue weighted by atomic mass is 9.95. The van der Waals surface area contributed by atoms with Gasteiger partial charge in [0.05, 0.1) is 18.3 Å². The summed E-state index contributed by atoms with van der Waals surface area (Å²) in [5.41, 5.74) is 1.96. The van der Waals surface area contributed by atoms with Gasteiger partial charge in [0, 0.05) is 10.4 Å². The Kier molecular flexibility index (Phi) is 7.48. The number of benzene rings is 1. The van der Waals surface area contributed by atoms with Crippen LogP contribution in [0.4, 0.5) is 5.00 Å². The van der Waals surface area contributed by atoms with Gasteiger partial charge in [0.1, 0.15) is 22.4 Å². The number of esters is 1. The monoisotopic (exact) mass is 438 g/mol. The minimum absolute atomic E-state index is 0.0431. The molecule has 2 aromatic rings. The van der Waals surface area contributed by atoms with Crippen LogP contribution in [0.25, 0.3) is 6.08 Å². The fourth-order valence-corrected chi connectivity index (χ4v) is 4.78. The van der Waals surface area contributed by atoms with Crippen LogP contribution < -0.4 is 10.1 Å². The number of amides is 1. The quantitative estimate of drug-likeness (QED) is 0.367.